The van der Waals surface area contributed by atoms with Crippen LogP contribution in [0.2, 0.25) is 0 Å². The highest BCUT2D eigenvalue weighted by Gasteiger charge is 2.15. The first kappa shape index (κ1) is 16.7. The lowest BCUT2D eigenvalue weighted by atomic mass is 10.0. The molecule has 124 valence electrons. The summed E-state index contributed by atoms with van der Waals surface area (Å²) in [5, 5.41) is 3.13. The van der Waals surface area contributed by atoms with E-state index >= 15 is 0 Å². The number of nitrogens with zero attached hydrogens (tertiary/aromatic N) is 2. The molecule has 0 saturated heterocycles. The number of rotatable bonds is 5. The van der Waals surface area contributed by atoms with Gasteiger partial charge in [0.1, 0.15) is 12.4 Å². The van der Waals surface area contributed by atoms with Crippen LogP contribution < -0.4 is 5.32 Å². The molecule has 0 radical (unpaired) electrons. The van der Waals surface area contributed by atoms with E-state index in [1.807, 2.05) is 60.0 Å². The Morgan fingerprint density at radius 1 is 1.21 bits per heavy atom. The van der Waals surface area contributed by atoms with Crippen LogP contribution in [0.4, 0.5) is 0 Å². The van der Waals surface area contributed by atoms with E-state index in [9.17, 15) is 4.79 Å². The lowest BCUT2D eigenvalue weighted by molar-refractivity contribution is -0.122. The molecule has 3 aromatic rings. The largest absolute Gasteiger partial charge is 0.348 e. The Morgan fingerprint density at radius 3 is 2.62 bits per heavy atom. The van der Waals surface area contributed by atoms with Crippen molar-refractivity contribution in [3.05, 3.63) is 64.4 Å². The third-order valence-corrected chi connectivity index (χ3v) is 4.69. The monoisotopic (exact) mass is 385 g/mol. The number of fused-ring (bicyclic) bond motifs is 1. The maximum Gasteiger partial charge on any atom is 0.240 e. The second-order valence-electron chi connectivity index (χ2n) is 5.81. The summed E-state index contributed by atoms with van der Waals surface area (Å²) in [7, 11) is 0. The van der Waals surface area contributed by atoms with Gasteiger partial charge in [-0.25, -0.2) is 4.98 Å². The number of nitrogens with one attached hydrogen (secondary N) is 1. The molecule has 1 heterocycles. The molecule has 0 fully saturated rings. The third kappa shape index (κ3) is 3.51. The number of aryl methyl sites for hydroxylation is 1. The van der Waals surface area contributed by atoms with Crippen LogP contribution in [0.5, 0.6) is 0 Å². The number of hydrogen-bond acceptors (Lipinski definition) is 2. The number of hydrogen-bond donors (Lipinski definition) is 1. The molecule has 1 amide bonds. The lowest BCUT2D eigenvalue weighted by Crippen LogP contribution is -2.31. The van der Waals surface area contributed by atoms with Crippen LogP contribution in [0.1, 0.15) is 30.8 Å². The van der Waals surface area contributed by atoms with Crippen molar-refractivity contribution in [1.29, 1.82) is 0 Å². The summed E-state index contributed by atoms with van der Waals surface area (Å²) >= 11 is 3.44. The van der Waals surface area contributed by atoms with E-state index in [4.69, 9.17) is 0 Å². The molecule has 1 atom stereocenters. The van der Waals surface area contributed by atoms with Gasteiger partial charge in [0.25, 0.3) is 0 Å². The SMILES string of the molecule is CC[C@H](NC(=O)Cn1c(C)nc2ccccc21)c1ccc(Br)cc1. The molecule has 0 unspecified atom stereocenters. The van der Waals surface area contributed by atoms with Gasteiger partial charge in [0.15, 0.2) is 0 Å². The smallest absolute Gasteiger partial charge is 0.240 e. The van der Waals surface area contributed by atoms with Gasteiger partial charge < -0.3 is 9.88 Å². The summed E-state index contributed by atoms with van der Waals surface area (Å²) in [6.07, 6.45) is 0.844. The molecule has 24 heavy (non-hydrogen) atoms. The first-order valence-corrected chi connectivity index (χ1v) is 8.84. The molecule has 5 heteroatoms. The Kier molecular flexibility index (Phi) is 5.00. The number of benzene rings is 2. The summed E-state index contributed by atoms with van der Waals surface area (Å²) in [6, 6.07) is 16.0. The zero-order valence-corrected chi connectivity index (χ0v) is 15.4. The van der Waals surface area contributed by atoms with Crippen LogP contribution in [0.15, 0.2) is 53.0 Å². The highest BCUT2D eigenvalue weighted by atomic mass is 79.9. The van der Waals surface area contributed by atoms with Crippen molar-refractivity contribution in [1.82, 2.24) is 14.9 Å². The Hall–Kier alpha value is -2.14. The first-order valence-electron chi connectivity index (χ1n) is 8.05. The number of amides is 1. The van der Waals surface area contributed by atoms with E-state index in [1.165, 1.54) is 0 Å². The fraction of sp³-hybridized carbons (Fsp3) is 0.263. The minimum atomic E-state index is -0.00368. The Balaban J connectivity index is 1.76. The van der Waals surface area contributed by atoms with Crippen molar-refractivity contribution >= 4 is 32.9 Å². The molecule has 3 rings (SSSR count). The molecule has 1 aromatic heterocycles. The number of carbonyl (C=O) groups is 1. The minimum Gasteiger partial charge on any atom is -0.348 e. The number of halogens is 1. The van der Waals surface area contributed by atoms with E-state index in [2.05, 4.69) is 33.2 Å². The molecule has 2 aromatic carbocycles. The average molecular weight is 386 g/mol. The van der Waals surface area contributed by atoms with Gasteiger partial charge in [-0.2, -0.15) is 0 Å². The van der Waals surface area contributed by atoms with Crippen LogP contribution in [0.25, 0.3) is 11.0 Å². The van der Waals surface area contributed by atoms with Crippen LogP contribution in [-0.2, 0) is 11.3 Å². The van der Waals surface area contributed by atoms with Gasteiger partial charge in [0, 0.05) is 4.47 Å². The van der Waals surface area contributed by atoms with Crippen LogP contribution in [-0.4, -0.2) is 15.5 Å². The van der Waals surface area contributed by atoms with Crippen molar-refractivity contribution in [2.24, 2.45) is 0 Å². The van der Waals surface area contributed by atoms with E-state index in [0.717, 1.165) is 33.3 Å². The molecule has 0 spiro atoms. The van der Waals surface area contributed by atoms with E-state index in [1.54, 1.807) is 0 Å². The molecule has 0 aliphatic rings. The third-order valence-electron chi connectivity index (χ3n) is 4.16. The van der Waals surface area contributed by atoms with Crippen molar-refractivity contribution in [2.75, 3.05) is 0 Å². The van der Waals surface area contributed by atoms with Gasteiger partial charge in [-0.3, -0.25) is 4.79 Å². The predicted octanol–water partition coefficient (Wildman–Crippen LogP) is 4.37. The fourth-order valence-corrected chi connectivity index (χ4v) is 3.16. The molecule has 1 N–H and O–H groups in total. The predicted molar refractivity (Wildman–Crippen MR) is 99.8 cm³/mol. The molecule has 0 aliphatic carbocycles. The number of aromatic nitrogens is 2. The zero-order chi connectivity index (χ0) is 17.1. The van der Waals surface area contributed by atoms with E-state index in [-0.39, 0.29) is 18.5 Å². The summed E-state index contributed by atoms with van der Waals surface area (Å²) in [5.74, 6) is 0.846. The number of para-hydroxylation sites is 2. The van der Waals surface area contributed by atoms with Gasteiger partial charge in [-0.15, -0.1) is 0 Å². The maximum atomic E-state index is 12.5. The quantitative estimate of drug-likeness (QED) is 0.708. The topological polar surface area (TPSA) is 46.9 Å². The van der Waals surface area contributed by atoms with Gasteiger partial charge in [0.05, 0.1) is 17.1 Å². The first-order chi connectivity index (χ1) is 11.6. The summed E-state index contributed by atoms with van der Waals surface area (Å²) in [6.45, 7) is 4.28. The van der Waals surface area contributed by atoms with Crippen LogP contribution >= 0.6 is 15.9 Å². The van der Waals surface area contributed by atoms with Gasteiger partial charge in [-0.05, 0) is 43.2 Å². The van der Waals surface area contributed by atoms with E-state index in [0.29, 0.717) is 0 Å². The standard InChI is InChI=1S/C19H20BrN3O/c1-3-16(14-8-10-15(20)11-9-14)22-19(24)12-23-13(2)21-17-6-4-5-7-18(17)23/h4-11,16H,3,12H2,1-2H3,(H,22,24)/t16-/m0/s1. The lowest BCUT2D eigenvalue weighted by Gasteiger charge is -2.18. The molecular formula is C19H20BrN3O. The normalized spacial score (nSPS) is 12.3. The van der Waals surface area contributed by atoms with E-state index < -0.39 is 0 Å². The van der Waals surface area contributed by atoms with Crippen molar-refractivity contribution in [3.8, 4) is 0 Å². The number of carbonyl (C=O) groups excluding carboxylic acids is 1. The summed E-state index contributed by atoms with van der Waals surface area (Å²) < 4.78 is 2.99. The Morgan fingerprint density at radius 2 is 1.92 bits per heavy atom. The van der Waals surface area contributed by atoms with Crippen molar-refractivity contribution in [2.45, 2.75) is 32.9 Å². The average Bonchev–Trinajstić information content (AvgIpc) is 2.89. The van der Waals surface area contributed by atoms with Gasteiger partial charge in [0.2, 0.25) is 5.91 Å². The van der Waals surface area contributed by atoms with Crippen molar-refractivity contribution in [3.63, 3.8) is 0 Å². The van der Waals surface area contributed by atoms with Crippen LogP contribution in [0, 0.1) is 6.92 Å². The minimum absolute atomic E-state index is 0.00368. The van der Waals surface area contributed by atoms with Gasteiger partial charge >= 0.3 is 0 Å². The fourth-order valence-electron chi connectivity index (χ4n) is 2.90. The highest BCUT2D eigenvalue weighted by Crippen LogP contribution is 2.20. The number of imidazole rings is 1. The summed E-state index contributed by atoms with van der Waals surface area (Å²) in [4.78, 5) is 17.1. The highest BCUT2D eigenvalue weighted by molar-refractivity contribution is 9.10. The van der Waals surface area contributed by atoms with Gasteiger partial charge in [-0.1, -0.05) is 47.1 Å². The zero-order valence-electron chi connectivity index (χ0n) is 13.8. The second-order valence-corrected chi connectivity index (χ2v) is 6.73. The molecule has 0 aliphatic heterocycles. The molecule has 4 nitrogen and oxygen atoms in total. The van der Waals surface area contributed by atoms with Crippen LogP contribution in [0.3, 0.4) is 0 Å². The molecule has 0 bridgehead atoms. The maximum absolute atomic E-state index is 12.5. The molecule has 0 saturated carbocycles. The molecular weight excluding hydrogens is 366 g/mol. The second kappa shape index (κ2) is 7.18. The van der Waals surface area contributed by atoms with Crippen molar-refractivity contribution < 1.29 is 4.79 Å². The summed E-state index contributed by atoms with van der Waals surface area (Å²) in [5.41, 5.74) is 3.02. The Labute approximate surface area is 150 Å². The Bertz CT molecular complexity index is 855.